The predicted molar refractivity (Wildman–Crippen MR) is 316 cm³/mol. The molecule has 3 unspecified atom stereocenters. The standard InChI is InChI=1S/C64H123N2O6P/c1-6-8-10-12-14-16-18-20-22-24-26-28-30-31-32-33-34-36-38-40-42-44-46-48-50-52-54-56-58-64(68)65-62(61-72-73(69,70)71-60-59-66(3,4)5)63(67)57-55-53-51-49-47-45-43-41-39-37-35-29-27-25-23-21-19-17-15-13-11-9-7-2/h31-32,39,41,47,49,55,57,62-63,67H,6-30,33-38,40,42-46,48,50-54,56,58-61H2,1-5H3,(H-,65,68,69,70)/b32-31-,41-39+,49-47+,57-55+. The van der Waals surface area contributed by atoms with E-state index >= 15 is 0 Å². The number of carbonyl (C=O) groups excluding carboxylic acids is 1. The number of phosphoric acid groups is 1. The molecule has 0 fully saturated rings. The molecular formula is C64H123N2O6P. The van der Waals surface area contributed by atoms with Gasteiger partial charge >= 0.3 is 0 Å². The molecule has 0 aliphatic carbocycles. The molecular weight excluding hydrogens is 924 g/mol. The molecule has 0 rings (SSSR count). The predicted octanol–water partition coefficient (Wildman–Crippen LogP) is 18.9. The van der Waals surface area contributed by atoms with Crippen LogP contribution >= 0.6 is 7.82 Å². The summed E-state index contributed by atoms with van der Waals surface area (Å²) in [5.41, 5.74) is 0. The highest BCUT2D eigenvalue weighted by molar-refractivity contribution is 7.45. The summed E-state index contributed by atoms with van der Waals surface area (Å²) in [6.07, 6.45) is 73.6. The molecule has 3 atom stereocenters. The first-order chi connectivity index (χ1) is 35.5. The van der Waals surface area contributed by atoms with E-state index in [1.165, 1.54) is 238 Å². The summed E-state index contributed by atoms with van der Waals surface area (Å²) in [6, 6.07) is -0.911. The van der Waals surface area contributed by atoms with Crippen molar-refractivity contribution in [1.82, 2.24) is 5.32 Å². The molecule has 2 N–H and O–H groups in total. The summed E-state index contributed by atoms with van der Waals surface area (Å²) in [4.78, 5) is 25.5. The van der Waals surface area contributed by atoms with Gasteiger partial charge in [-0.1, -0.05) is 274 Å². The molecule has 0 aromatic rings. The normalized spacial score (nSPS) is 14.1. The second-order valence-electron chi connectivity index (χ2n) is 22.7. The topological polar surface area (TPSA) is 108 Å². The molecule has 0 heterocycles. The van der Waals surface area contributed by atoms with Gasteiger partial charge in [0.05, 0.1) is 39.9 Å². The number of hydrogen-bond acceptors (Lipinski definition) is 6. The quantitative estimate of drug-likeness (QED) is 0.0272. The fourth-order valence-corrected chi connectivity index (χ4v) is 10.0. The van der Waals surface area contributed by atoms with Crippen LogP contribution < -0.4 is 10.2 Å². The smallest absolute Gasteiger partial charge is 0.268 e. The van der Waals surface area contributed by atoms with Gasteiger partial charge in [-0.05, 0) is 70.6 Å². The first-order valence-corrected chi connectivity index (χ1v) is 33.0. The Morgan fingerprint density at radius 1 is 0.466 bits per heavy atom. The third kappa shape index (κ3) is 58.0. The van der Waals surface area contributed by atoms with E-state index in [1.54, 1.807) is 6.08 Å². The Morgan fingerprint density at radius 2 is 0.767 bits per heavy atom. The van der Waals surface area contributed by atoms with Crippen LogP contribution in [0.5, 0.6) is 0 Å². The van der Waals surface area contributed by atoms with Crippen LogP contribution in [0.2, 0.25) is 0 Å². The number of nitrogens with one attached hydrogen (secondary N) is 1. The largest absolute Gasteiger partial charge is 0.756 e. The third-order valence-electron chi connectivity index (χ3n) is 14.2. The molecule has 0 saturated heterocycles. The number of unbranched alkanes of at least 4 members (excludes halogenated alkanes) is 39. The van der Waals surface area contributed by atoms with Crippen LogP contribution in [0, 0.1) is 0 Å². The van der Waals surface area contributed by atoms with Gasteiger partial charge in [-0.15, -0.1) is 0 Å². The van der Waals surface area contributed by atoms with E-state index < -0.39 is 26.6 Å². The molecule has 0 aromatic carbocycles. The SMILES string of the molecule is CCCCCCCCCCCCCC/C=C\CCCCCCCCCCCCCCC(=O)NC(COP(=O)([O-])OCC[N+](C)(C)C)C(O)/C=C/CC/C=C/CC/C=C/CCCCCCCCCCCCCCC. The Bertz CT molecular complexity index is 1330. The molecule has 0 bridgehead atoms. The van der Waals surface area contributed by atoms with E-state index in [0.29, 0.717) is 17.4 Å². The molecule has 8 nitrogen and oxygen atoms in total. The van der Waals surface area contributed by atoms with Crippen LogP contribution in [-0.4, -0.2) is 68.5 Å². The summed E-state index contributed by atoms with van der Waals surface area (Å²) < 4.78 is 23.4. The number of phosphoric ester groups is 1. The molecule has 0 spiro atoms. The number of rotatable bonds is 58. The number of amides is 1. The molecule has 1 amide bonds. The van der Waals surface area contributed by atoms with Crippen LogP contribution in [0.3, 0.4) is 0 Å². The van der Waals surface area contributed by atoms with Crippen molar-refractivity contribution in [2.45, 2.75) is 315 Å². The zero-order valence-corrected chi connectivity index (χ0v) is 50.0. The number of hydrogen-bond donors (Lipinski definition) is 2. The molecule has 0 aromatic heterocycles. The number of allylic oxidation sites excluding steroid dienone is 7. The second-order valence-corrected chi connectivity index (χ2v) is 24.2. The van der Waals surface area contributed by atoms with E-state index in [0.717, 1.165) is 44.9 Å². The van der Waals surface area contributed by atoms with Gasteiger partial charge in [0.1, 0.15) is 13.2 Å². The van der Waals surface area contributed by atoms with Crippen LogP contribution in [0.1, 0.15) is 303 Å². The van der Waals surface area contributed by atoms with Gasteiger partial charge in [-0.25, -0.2) is 0 Å². The second kappa shape index (κ2) is 55.2. The number of aliphatic hydroxyl groups excluding tert-OH is 1. The third-order valence-corrected chi connectivity index (χ3v) is 15.2. The average Bonchev–Trinajstić information content (AvgIpc) is 3.35. The zero-order valence-electron chi connectivity index (χ0n) is 49.1. The van der Waals surface area contributed by atoms with E-state index in [-0.39, 0.29) is 12.5 Å². The molecule has 73 heavy (non-hydrogen) atoms. The maximum absolute atomic E-state index is 13.0. The minimum Gasteiger partial charge on any atom is -0.756 e. The molecule has 9 heteroatoms. The lowest BCUT2D eigenvalue weighted by Crippen LogP contribution is -2.45. The monoisotopic (exact) mass is 1050 g/mol. The van der Waals surface area contributed by atoms with Crippen molar-refractivity contribution < 1.29 is 32.9 Å². The molecule has 0 radical (unpaired) electrons. The highest BCUT2D eigenvalue weighted by Gasteiger charge is 2.23. The summed E-state index contributed by atoms with van der Waals surface area (Å²) >= 11 is 0. The lowest BCUT2D eigenvalue weighted by molar-refractivity contribution is -0.870. The Kier molecular flexibility index (Phi) is 54.1. The van der Waals surface area contributed by atoms with Gasteiger partial charge in [0.2, 0.25) is 5.91 Å². The highest BCUT2D eigenvalue weighted by atomic mass is 31.2. The van der Waals surface area contributed by atoms with Crippen molar-refractivity contribution in [1.29, 1.82) is 0 Å². The Morgan fingerprint density at radius 3 is 1.11 bits per heavy atom. The van der Waals surface area contributed by atoms with Crippen LogP contribution in [0.4, 0.5) is 0 Å². The number of carbonyl (C=O) groups is 1. The lowest BCUT2D eigenvalue weighted by atomic mass is 10.0. The van der Waals surface area contributed by atoms with Crippen LogP contribution in [0.25, 0.3) is 0 Å². The molecule has 0 aliphatic rings. The Labute approximate surface area is 454 Å². The fraction of sp³-hybridized carbons (Fsp3) is 0.859. The number of likely N-dealkylation sites (N-methyl/N-ethyl adjacent to an activating group) is 1. The van der Waals surface area contributed by atoms with Crippen molar-refractivity contribution in [2.75, 3.05) is 40.9 Å². The van der Waals surface area contributed by atoms with E-state index in [4.69, 9.17) is 9.05 Å². The molecule has 0 saturated carbocycles. The Hall–Kier alpha value is -1.54. The van der Waals surface area contributed by atoms with Gasteiger partial charge < -0.3 is 28.8 Å². The van der Waals surface area contributed by atoms with E-state index in [1.807, 2.05) is 27.2 Å². The van der Waals surface area contributed by atoms with Crippen molar-refractivity contribution in [3.8, 4) is 0 Å². The van der Waals surface area contributed by atoms with Crippen molar-refractivity contribution in [3.05, 3.63) is 48.6 Å². The number of nitrogens with zero attached hydrogens (tertiary/aromatic N) is 1. The first kappa shape index (κ1) is 71.5. The van der Waals surface area contributed by atoms with Crippen LogP contribution in [0.15, 0.2) is 48.6 Å². The first-order valence-electron chi connectivity index (χ1n) is 31.5. The van der Waals surface area contributed by atoms with E-state index in [2.05, 4.69) is 55.6 Å². The van der Waals surface area contributed by atoms with E-state index in [9.17, 15) is 19.4 Å². The molecule has 0 aliphatic heterocycles. The van der Waals surface area contributed by atoms with Gasteiger partial charge in [0.25, 0.3) is 7.82 Å². The average molecular weight is 1050 g/mol. The maximum Gasteiger partial charge on any atom is 0.268 e. The number of quaternary nitrogens is 1. The van der Waals surface area contributed by atoms with Gasteiger partial charge in [-0.3, -0.25) is 9.36 Å². The summed E-state index contributed by atoms with van der Waals surface area (Å²) in [6.45, 7) is 4.66. The Balaban J connectivity index is 4.19. The van der Waals surface area contributed by atoms with Crippen molar-refractivity contribution >= 4 is 13.7 Å². The summed E-state index contributed by atoms with van der Waals surface area (Å²) in [5.74, 6) is -0.208. The van der Waals surface area contributed by atoms with Gasteiger partial charge in [0, 0.05) is 6.42 Å². The number of aliphatic hydroxyl groups is 1. The minimum atomic E-state index is -4.61. The zero-order chi connectivity index (χ0) is 53.5. The fourth-order valence-electron chi connectivity index (χ4n) is 9.30. The molecule has 430 valence electrons. The summed E-state index contributed by atoms with van der Waals surface area (Å²) in [7, 11) is 1.24. The van der Waals surface area contributed by atoms with Crippen molar-refractivity contribution in [2.24, 2.45) is 0 Å². The maximum atomic E-state index is 13.0. The van der Waals surface area contributed by atoms with Crippen LogP contribution in [-0.2, 0) is 18.4 Å². The summed E-state index contributed by atoms with van der Waals surface area (Å²) in [5, 5.41) is 13.9. The lowest BCUT2D eigenvalue weighted by Gasteiger charge is -2.29. The van der Waals surface area contributed by atoms with Gasteiger partial charge in [0.15, 0.2) is 0 Å². The highest BCUT2D eigenvalue weighted by Crippen LogP contribution is 2.38. The van der Waals surface area contributed by atoms with Crippen molar-refractivity contribution in [3.63, 3.8) is 0 Å². The minimum absolute atomic E-state index is 0.00903. The van der Waals surface area contributed by atoms with Gasteiger partial charge in [-0.2, -0.15) is 0 Å².